The molecule has 0 amide bonds. The Balaban J connectivity index is 2.44. The Hall–Kier alpha value is -0.970. The van der Waals surface area contributed by atoms with Crippen LogP contribution in [-0.2, 0) is 0 Å². The molecule has 3 N–H and O–H groups in total. The zero-order valence-corrected chi connectivity index (χ0v) is 8.12. The molecule has 0 saturated heterocycles. The molecule has 76 valence electrons. The van der Waals surface area contributed by atoms with Gasteiger partial charge in [-0.05, 0) is 11.6 Å². The van der Waals surface area contributed by atoms with Crippen LogP contribution in [0.1, 0.15) is 11.6 Å². The van der Waals surface area contributed by atoms with Gasteiger partial charge in [-0.1, -0.05) is 17.7 Å². The van der Waals surface area contributed by atoms with E-state index in [1.165, 1.54) is 0 Å². The van der Waals surface area contributed by atoms with Crippen molar-refractivity contribution in [1.82, 2.24) is 0 Å². The van der Waals surface area contributed by atoms with E-state index in [0.717, 1.165) is 0 Å². The van der Waals surface area contributed by atoms with Crippen LogP contribution in [0, 0.1) is 0 Å². The minimum Gasteiger partial charge on any atom is -0.454 e. The molecule has 1 unspecified atom stereocenters. The SMILES string of the molecule is NC(CO)c1ccc2c(c1Cl)OCO2. The van der Waals surface area contributed by atoms with Crippen molar-refractivity contribution in [3.63, 3.8) is 0 Å². The predicted octanol–water partition coefficient (Wildman–Crippen LogP) is 1.06. The third-order valence-corrected chi connectivity index (χ3v) is 2.49. The largest absolute Gasteiger partial charge is 0.454 e. The number of aliphatic hydroxyl groups is 1. The molecule has 4 nitrogen and oxygen atoms in total. The number of benzene rings is 1. The van der Waals surface area contributed by atoms with Gasteiger partial charge in [0.25, 0.3) is 0 Å². The van der Waals surface area contributed by atoms with Crippen molar-refractivity contribution in [3.05, 3.63) is 22.7 Å². The number of hydrogen-bond donors (Lipinski definition) is 2. The second kappa shape index (κ2) is 3.65. The quantitative estimate of drug-likeness (QED) is 0.775. The molecule has 1 atom stereocenters. The lowest BCUT2D eigenvalue weighted by atomic mass is 10.1. The highest BCUT2D eigenvalue weighted by molar-refractivity contribution is 6.33. The fourth-order valence-corrected chi connectivity index (χ4v) is 1.69. The first-order valence-electron chi connectivity index (χ1n) is 4.18. The van der Waals surface area contributed by atoms with Gasteiger partial charge in [-0.25, -0.2) is 0 Å². The Morgan fingerprint density at radius 1 is 1.50 bits per heavy atom. The molecule has 0 fully saturated rings. The summed E-state index contributed by atoms with van der Waals surface area (Å²) >= 11 is 6.03. The average molecular weight is 216 g/mol. The van der Waals surface area contributed by atoms with E-state index in [1.54, 1.807) is 12.1 Å². The smallest absolute Gasteiger partial charge is 0.231 e. The van der Waals surface area contributed by atoms with E-state index >= 15 is 0 Å². The Morgan fingerprint density at radius 2 is 2.29 bits per heavy atom. The third kappa shape index (κ3) is 1.41. The molecule has 0 spiro atoms. The second-order valence-electron chi connectivity index (χ2n) is 2.99. The van der Waals surface area contributed by atoms with Crippen LogP contribution >= 0.6 is 11.6 Å². The highest BCUT2D eigenvalue weighted by Crippen LogP contribution is 2.42. The average Bonchev–Trinajstić information content (AvgIpc) is 2.66. The number of hydrogen-bond acceptors (Lipinski definition) is 4. The number of ether oxygens (including phenoxy) is 2. The monoisotopic (exact) mass is 215 g/mol. The number of fused-ring (bicyclic) bond motifs is 1. The number of nitrogens with two attached hydrogens (primary N) is 1. The Labute approximate surface area is 86.2 Å². The van der Waals surface area contributed by atoms with Crippen LogP contribution in [0.3, 0.4) is 0 Å². The lowest BCUT2D eigenvalue weighted by Crippen LogP contribution is -2.14. The number of rotatable bonds is 2. The molecule has 1 aliphatic heterocycles. The van der Waals surface area contributed by atoms with Crippen molar-refractivity contribution < 1.29 is 14.6 Å². The maximum atomic E-state index is 8.91. The van der Waals surface area contributed by atoms with Gasteiger partial charge >= 0.3 is 0 Å². The van der Waals surface area contributed by atoms with Gasteiger partial charge in [-0.2, -0.15) is 0 Å². The summed E-state index contributed by atoms with van der Waals surface area (Å²) in [5.74, 6) is 1.12. The summed E-state index contributed by atoms with van der Waals surface area (Å²) in [6.07, 6.45) is 0. The van der Waals surface area contributed by atoms with E-state index in [-0.39, 0.29) is 13.4 Å². The fraction of sp³-hybridized carbons (Fsp3) is 0.333. The van der Waals surface area contributed by atoms with Crippen LogP contribution in [0.2, 0.25) is 5.02 Å². The molecule has 1 aromatic carbocycles. The van der Waals surface area contributed by atoms with Crippen LogP contribution in [0.25, 0.3) is 0 Å². The molecule has 1 aliphatic rings. The Morgan fingerprint density at radius 3 is 3.00 bits per heavy atom. The highest BCUT2D eigenvalue weighted by Gasteiger charge is 2.21. The van der Waals surface area contributed by atoms with E-state index in [2.05, 4.69) is 0 Å². The van der Waals surface area contributed by atoms with Gasteiger partial charge in [0.05, 0.1) is 17.7 Å². The van der Waals surface area contributed by atoms with Gasteiger partial charge < -0.3 is 20.3 Å². The minimum absolute atomic E-state index is 0.153. The first-order chi connectivity index (χ1) is 6.74. The molecule has 0 saturated carbocycles. The standard InChI is InChI=1S/C9H10ClNO3/c10-8-5(6(11)3-12)1-2-7-9(8)14-4-13-7/h1-2,6,12H,3-4,11H2. The number of halogens is 1. The number of aliphatic hydroxyl groups excluding tert-OH is 1. The van der Waals surface area contributed by atoms with E-state index < -0.39 is 6.04 Å². The molecule has 1 heterocycles. The highest BCUT2D eigenvalue weighted by atomic mass is 35.5. The molecule has 0 radical (unpaired) electrons. The molecule has 2 rings (SSSR count). The molecule has 1 aromatic rings. The molecular weight excluding hydrogens is 206 g/mol. The van der Waals surface area contributed by atoms with Crippen LogP contribution in [0.5, 0.6) is 11.5 Å². The van der Waals surface area contributed by atoms with Crippen LogP contribution in [-0.4, -0.2) is 18.5 Å². The van der Waals surface area contributed by atoms with Gasteiger partial charge in [0.1, 0.15) is 0 Å². The zero-order valence-electron chi connectivity index (χ0n) is 7.37. The first-order valence-corrected chi connectivity index (χ1v) is 4.56. The van der Waals surface area contributed by atoms with E-state index in [1.807, 2.05) is 0 Å². The Kier molecular flexibility index (Phi) is 2.50. The van der Waals surface area contributed by atoms with Gasteiger partial charge in [0.2, 0.25) is 6.79 Å². The van der Waals surface area contributed by atoms with Crippen LogP contribution < -0.4 is 15.2 Å². The van der Waals surface area contributed by atoms with Crippen molar-refractivity contribution in [2.24, 2.45) is 5.73 Å². The maximum absolute atomic E-state index is 8.91. The van der Waals surface area contributed by atoms with Crippen molar-refractivity contribution in [1.29, 1.82) is 0 Å². The lowest BCUT2D eigenvalue weighted by Gasteiger charge is -2.11. The maximum Gasteiger partial charge on any atom is 0.231 e. The summed E-state index contributed by atoms with van der Waals surface area (Å²) in [5.41, 5.74) is 6.32. The fourth-order valence-electron chi connectivity index (χ4n) is 1.34. The molecule has 5 heteroatoms. The normalized spacial score (nSPS) is 15.6. The van der Waals surface area contributed by atoms with Gasteiger partial charge in [-0.3, -0.25) is 0 Å². The van der Waals surface area contributed by atoms with E-state index in [9.17, 15) is 0 Å². The van der Waals surface area contributed by atoms with Crippen LogP contribution in [0.4, 0.5) is 0 Å². The Bertz CT molecular complexity index is 356. The summed E-state index contributed by atoms with van der Waals surface area (Å²) in [5, 5.41) is 9.32. The molecule has 14 heavy (non-hydrogen) atoms. The zero-order chi connectivity index (χ0) is 10.1. The third-order valence-electron chi connectivity index (χ3n) is 2.10. The molecular formula is C9H10ClNO3. The molecule has 0 aromatic heterocycles. The van der Waals surface area contributed by atoms with Gasteiger partial charge in [-0.15, -0.1) is 0 Å². The summed E-state index contributed by atoms with van der Waals surface area (Å²) in [4.78, 5) is 0. The van der Waals surface area contributed by atoms with E-state index in [0.29, 0.717) is 22.1 Å². The van der Waals surface area contributed by atoms with Crippen molar-refractivity contribution >= 4 is 11.6 Å². The molecule has 0 bridgehead atoms. The predicted molar refractivity (Wildman–Crippen MR) is 51.6 cm³/mol. The topological polar surface area (TPSA) is 64.7 Å². The summed E-state index contributed by atoms with van der Waals surface area (Å²) < 4.78 is 10.3. The first kappa shape index (κ1) is 9.58. The minimum atomic E-state index is -0.489. The van der Waals surface area contributed by atoms with Crippen molar-refractivity contribution in [3.8, 4) is 11.5 Å². The summed E-state index contributed by atoms with van der Waals surface area (Å²) in [6.45, 7) is 0.0201. The summed E-state index contributed by atoms with van der Waals surface area (Å²) in [6, 6.07) is 2.98. The van der Waals surface area contributed by atoms with Crippen molar-refractivity contribution in [2.45, 2.75) is 6.04 Å². The van der Waals surface area contributed by atoms with Gasteiger partial charge in [0.15, 0.2) is 11.5 Å². The van der Waals surface area contributed by atoms with Crippen LogP contribution in [0.15, 0.2) is 12.1 Å². The summed E-state index contributed by atoms with van der Waals surface area (Å²) in [7, 11) is 0. The lowest BCUT2D eigenvalue weighted by molar-refractivity contribution is 0.174. The van der Waals surface area contributed by atoms with Gasteiger partial charge in [0, 0.05) is 0 Å². The second-order valence-corrected chi connectivity index (χ2v) is 3.37. The van der Waals surface area contributed by atoms with Crippen molar-refractivity contribution in [2.75, 3.05) is 13.4 Å². The van der Waals surface area contributed by atoms with E-state index in [4.69, 9.17) is 31.9 Å². The molecule has 0 aliphatic carbocycles.